The monoisotopic (exact) mass is 486 g/mol. The lowest BCUT2D eigenvalue weighted by molar-refractivity contribution is -0.161. The molecule has 32 heavy (non-hydrogen) atoms. The molecular weight excluding hydrogens is 464 g/mol. The summed E-state index contributed by atoms with van der Waals surface area (Å²) in [5.74, 6) is -2.14. The highest BCUT2D eigenvalue weighted by molar-refractivity contribution is 8.01. The van der Waals surface area contributed by atoms with Crippen LogP contribution in [0.5, 0.6) is 0 Å². The van der Waals surface area contributed by atoms with E-state index in [-0.39, 0.29) is 12.1 Å². The van der Waals surface area contributed by atoms with Gasteiger partial charge in [-0.3, -0.25) is 14.3 Å². The minimum absolute atomic E-state index is 0.0583. The molecule has 2 heterocycles. The molecule has 0 spiro atoms. The van der Waals surface area contributed by atoms with E-state index in [0.29, 0.717) is 5.56 Å². The second-order valence-corrected chi connectivity index (χ2v) is 10.9. The van der Waals surface area contributed by atoms with Crippen molar-refractivity contribution in [3.05, 3.63) is 29.8 Å². The summed E-state index contributed by atoms with van der Waals surface area (Å²) in [5, 5.41) is 11.6. The van der Waals surface area contributed by atoms with E-state index in [2.05, 4.69) is 14.8 Å². The predicted molar refractivity (Wildman–Crippen MR) is 114 cm³/mol. The normalized spacial score (nSPS) is 23.5. The second kappa shape index (κ2) is 8.50. The van der Waals surface area contributed by atoms with E-state index < -0.39 is 56.3 Å². The SMILES string of the molecule is COC(=O)NS(=O)(=O)Nc1ccccc1CC(=O)NC1C(=O)N2[C@@H]1SC(C)(C)[C@@H]2C(=O)O. The van der Waals surface area contributed by atoms with Crippen LogP contribution in [-0.4, -0.2) is 71.6 Å². The Hall–Kier alpha value is -3.00. The van der Waals surface area contributed by atoms with E-state index in [0.717, 1.165) is 7.11 Å². The molecule has 1 unspecified atom stereocenters. The first-order chi connectivity index (χ1) is 14.9. The number of hydrogen-bond acceptors (Lipinski definition) is 8. The highest BCUT2D eigenvalue weighted by atomic mass is 32.2. The van der Waals surface area contributed by atoms with Crippen molar-refractivity contribution in [2.45, 2.75) is 42.5 Å². The molecule has 1 aromatic carbocycles. The number of rotatable bonds is 7. The van der Waals surface area contributed by atoms with Gasteiger partial charge in [0.2, 0.25) is 11.8 Å². The number of ether oxygens (including phenoxy) is 1. The maximum absolute atomic E-state index is 12.6. The van der Waals surface area contributed by atoms with Crippen LogP contribution in [-0.2, 0) is 35.8 Å². The average molecular weight is 487 g/mol. The van der Waals surface area contributed by atoms with E-state index >= 15 is 0 Å². The van der Waals surface area contributed by atoms with Crippen molar-refractivity contribution in [1.82, 2.24) is 14.9 Å². The summed E-state index contributed by atoms with van der Waals surface area (Å²) < 4.78 is 31.4. The summed E-state index contributed by atoms with van der Waals surface area (Å²) in [5.41, 5.74) is 0.356. The fourth-order valence-corrected chi connectivity index (χ4v) is 6.11. The topological polar surface area (TPSA) is 171 Å². The number of carboxylic acid groups (broad SMARTS) is 1. The zero-order chi connectivity index (χ0) is 23.8. The maximum Gasteiger partial charge on any atom is 0.422 e. The Labute approximate surface area is 188 Å². The Bertz CT molecular complexity index is 1070. The van der Waals surface area contributed by atoms with Crippen LogP contribution in [0.2, 0.25) is 0 Å². The van der Waals surface area contributed by atoms with Crippen molar-refractivity contribution < 1.29 is 37.4 Å². The third-order valence-corrected chi connectivity index (χ3v) is 7.50. The first-order valence-corrected chi connectivity index (χ1v) is 11.7. The number of β-lactam (4-membered cyclic amide) rings is 1. The predicted octanol–water partition coefficient (Wildman–Crippen LogP) is -0.126. The third-order valence-electron chi connectivity index (χ3n) is 5.01. The van der Waals surface area contributed by atoms with Gasteiger partial charge in [0.25, 0.3) is 0 Å². The number of fused-ring (bicyclic) bond motifs is 1. The number of amides is 3. The summed E-state index contributed by atoms with van der Waals surface area (Å²) >= 11 is 1.30. The van der Waals surface area contributed by atoms with E-state index in [4.69, 9.17) is 0 Å². The maximum atomic E-state index is 12.6. The number of carbonyl (C=O) groups excluding carboxylic acids is 3. The van der Waals surface area contributed by atoms with Gasteiger partial charge in [-0.05, 0) is 25.5 Å². The van der Waals surface area contributed by atoms with Gasteiger partial charge in [0, 0.05) is 4.75 Å². The number of thioether (sulfide) groups is 1. The van der Waals surface area contributed by atoms with Gasteiger partial charge in [-0.25, -0.2) is 14.3 Å². The fourth-order valence-electron chi connectivity index (χ4n) is 3.64. The first kappa shape index (κ1) is 23.7. The average Bonchev–Trinajstić information content (AvgIpc) is 2.95. The molecular formula is C18H22N4O8S2. The van der Waals surface area contributed by atoms with Crippen molar-refractivity contribution in [1.29, 1.82) is 0 Å². The van der Waals surface area contributed by atoms with Crippen LogP contribution in [0, 0.1) is 0 Å². The Balaban J connectivity index is 1.68. The van der Waals surface area contributed by atoms with Crippen molar-refractivity contribution in [3.8, 4) is 0 Å². The number of carbonyl (C=O) groups is 4. The van der Waals surface area contributed by atoms with Crippen molar-refractivity contribution in [2.24, 2.45) is 0 Å². The van der Waals surface area contributed by atoms with E-state index in [9.17, 15) is 32.7 Å². The van der Waals surface area contributed by atoms with Gasteiger partial charge in [0.1, 0.15) is 17.5 Å². The molecule has 2 aliphatic heterocycles. The molecule has 0 saturated carbocycles. The number of benzene rings is 1. The summed E-state index contributed by atoms with van der Waals surface area (Å²) in [7, 11) is -3.29. The first-order valence-electron chi connectivity index (χ1n) is 9.35. The molecule has 0 radical (unpaired) electrons. The molecule has 14 heteroatoms. The van der Waals surface area contributed by atoms with Crippen LogP contribution in [0.1, 0.15) is 19.4 Å². The van der Waals surface area contributed by atoms with Gasteiger partial charge < -0.3 is 20.1 Å². The molecule has 2 fully saturated rings. The van der Waals surface area contributed by atoms with Crippen molar-refractivity contribution >= 4 is 51.5 Å². The highest BCUT2D eigenvalue weighted by Crippen LogP contribution is 2.50. The summed E-state index contributed by atoms with van der Waals surface area (Å²) in [6.45, 7) is 3.46. The summed E-state index contributed by atoms with van der Waals surface area (Å²) in [6.07, 6.45) is -1.44. The standard InChI is InChI=1S/C18H22N4O8S2/c1-18(2)13(16(25)26)22-14(24)12(15(22)31-18)19-11(23)8-9-6-4-5-7-10(9)20-32(28,29)21-17(27)30-3/h4-7,12-13,15,20H,8H2,1-3H3,(H,19,23)(H,21,27)(H,25,26)/t12?,13-,15+/m0/s1. The highest BCUT2D eigenvalue weighted by Gasteiger charge is 2.64. The molecule has 174 valence electrons. The molecule has 1 aromatic rings. The number of carboxylic acids is 1. The number of methoxy groups -OCH3 is 1. The Morgan fingerprint density at radius 1 is 1.25 bits per heavy atom. The largest absolute Gasteiger partial charge is 0.480 e. The minimum Gasteiger partial charge on any atom is -0.480 e. The summed E-state index contributed by atoms with van der Waals surface area (Å²) in [4.78, 5) is 49.1. The van der Waals surface area contributed by atoms with E-state index in [1.165, 1.54) is 34.9 Å². The number of aliphatic carboxylic acids is 1. The van der Waals surface area contributed by atoms with E-state index in [1.807, 2.05) is 0 Å². The Kier molecular flexibility index (Phi) is 6.29. The van der Waals surface area contributed by atoms with Crippen LogP contribution in [0.4, 0.5) is 10.5 Å². The molecule has 3 atom stereocenters. The zero-order valence-electron chi connectivity index (χ0n) is 17.3. The molecule has 12 nitrogen and oxygen atoms in total. The number of hydrogen-bond donors (Lipinski definition) is 4. The van der Waals surface area contributed by atoms with Gasteiger partial charge in [-0.2, -0.15) is 8.42 Å². The number of nitrogens with one attached hydrogen (secondary N) is 3. The van der Waals surface area contributed by atoms with Gasteiger partial charge in [-0.15, -0.1) is 11.8 Å². The van der Waals surface area contributed by atoms with Crippen LogP contribution in [0.25, 0.3) is 0 Å². The van der Waals surface area contributed by atoms with Crippen LogP contribution in [0.15, 0.2) is 24.3 Å². The minimum atomic E-state index is -4.29. The summed E-state index contributed by atoms with van der Waals surface area (Å²) in [6, 6.07) is 4.18. The molecule has 2 aliphatic rings. The molecule has 0 bridgehead atoms. The molecule has 0 aliphatic carbocycles. The Morgan fingerprint density at radius 3 is 2.53 bits per heavy atom. The fraction of sp³-hybridized carbons (Fsp3) is 0.444. The quantitative estimate of drug-likeness (QED) is 0.383. The smallest absolute Gasteiger partial charge is 0.422 e. The zero-order valence-corrected chi connectivity index (χ0v) is 19.0. The number of nitrogens with zero attached hydrogens (tertiary/aromatic N) is 1. The van der Waals surface area contributed by atoms with Crippen LogP contribution < -0.4 is 14.8 Å². The number of para-hydroxylation sites is 1. The van der Waals surface area contributed by atoms with Gasteiger partial charge in [-0.1, -0.05) is 18.2 Å². The molecule has 2 saturated heterocycles. The second-order valence-electron chi connectivity index (χ2n) is 7.68. The lowest BCUT2D eigenvalue weighted by atomic mass is 9.96. The lowest BCUT2D eigenvalue weighted by Crippen LogP contribution is -2.70. The molecule has 3 amide bonds. The molecule has 3 rings (SSSR count). The van der Waals surface area contributed by atoms with Gasteiger partial charge in [0.05, 0.1) is 19.2 Å². The number of anilines is 1. The molecule has 0 aromatic heterocycles. The van der Waals surface area contributed by atoms with Gasteiger partial charge in [0.15, 0.2) is 0 Å². The van der Waals surface area contributed by atoms with Gasteiger partial charge >= 0.3 is 22.3 Å². The lowest BCUT2D eigenvalue weighted by Gasteiger charge is -2.43. The van der Waals surface area contributed by atoms with Crippen LogP contribution in [0.3, 0.4) is 0 Å². The molecule has 4 N–H and O–H groups in total. The Morgan fingerprint density at radius 2 is 1.91 bits per heavy atom. The van der Waals surface area contributed by atoms with Crippen LogP contribution >= 0.6 is 11.8 Å². The van der Waals surface area contributed by atoms with Crippen molar-refractivity contribution in [3.63, 3.8) is 0 Å². The van der Waals surface area contributed by atoms with E-state index in [1.54, 1.807) is 24.6 Å². The third kappa shape index (κ3) is 4.60. The van der Waals surface area contributed by atoms with Crippen molar-refractivity contribution in [2.75, 3.05) is 11.8 Å².